The fourth-order valence-electron chi connectivity index (χ4n) is 2.36. The van der Waals surface area contributed by atoms with Crippen molar-refractivity contribution in [1.82, 2.24) is 16.0 Å². The minimum Gasteiger partial charge on any atom is -0.481 e. The van der Waals surface area contributed by atoms with Crippen molar-refractivity contribution in [3.63, 3.8) is 0 Å². The second kappa shape index (κ2) is 13.1. The van der Waals surface area contributed by atoms with E-state index in [1.807, 2.05) is 5.32 Å². The van der Waals surface area contributed by atoms with Gasteiger partial charge in [0.25, 0.3) is 0 Å². The Bertz CT molecular complexity index is 667. The molecule has 4 amide bonds. The molecule has 13 nitrogen and oxygen atoms in total. The Morgan fingerprint density at radius 3 is 1.90 bits per heavy atom. The number of nitrogens with one attached hydrogen (secondary N) is 3. The summed E-state index contributed by atoms with van der Waals surface area (Å²) in [5.74, 6) is -5.92. The zero-order valence-electron chi connectivity index (χ0n) is 16.8. The average molecular weight is 431 g/mol. The maximum absolute atomic E-state index is 12.6. The molecule has 0 radical (unpaired) electrons. The smallest absolute Gasteiger partial charge is 0.322 e. The zero-order valence-corrected chi connectivity index (χ0v) is 16.8. The third-order valence-electron chi connectivity index (χ3n) is 3.80. The minimum absolute atomic E-state index is 0.0632. The first-order valence-electron chi connectivity index (χ1n) is 9.19. The van der Waals surface area contributed by atoms with E-state index in [2.05, 4.69) is 10.6 Å². The first-order chi connectivity index (χ1) is 13.8. The predicted molar refractivity (Wildman–Crippen MR) is 103 cm³/mol. The summed E-state index contributed by atoms with van der Waals surface area (Å²) >= 11 is 0. The van der Waals surface area contributed by atoms with Crippen LogP contribution in [0.25, 0.3) is 0 Å². The van der Waals surface area contributed by atoms with Gasteiger partial charge in [-0.2, -0.15) is 0 Å². The molecule has 0 saturated carbocycles. The number of primary amides is 1. The first kappa shape index (κ1) is 26.8. The van der Waals surface area contributed by atoms with E-state index >= 15 is 0 Å². The average Bonchev–Trinajstić information content (AvgIpc) is 2.61. The number of hydrogen-bond acceptors (Lipinski definition) is 7. The van der Waals surface area contributed by atoms with Crippen LogP contribution < -0.4 is 27.4 Å². The van der Waals surface area contributed by atoms with Crippen LogP contribution in [0.15, 0.2) is 0 Å². The van der Waals surface area contributed by atoms with E-state index in [0.717, 1.165) is 0 Å². The van der Waals surface area contributed by atoms with Gasteiger partial charge in [0.2, 0.25) is 23.6 Å². The summed E-state index contributed by atoms with van der Waals surface area (Å²) < 4.78 is 0. The molecule has 0 aromatic heterocycles. The van der Waals surface area contributed by atoms with Gasteiger partial charge in [-0.15, -0.1) is 0 Å². The normalized spacial score (nSPS) is 13.6. The molecule has 0 fully saturated rings. The van der Waals surface area contributed by atoms with Gasteiger partial charge in [-0.25, -0.2) is 0 Å². The SMILES string of the molecule is CC(C)CC(NC(=O)C(N)CCC(=O)O)C(=O)NC(CC(N)=O)C(=O)NCC(=O)O. The molecular weight excluding hydrogens is 402 g/mol. The lowest BCUT2D eigenvalue weighted by Crippen LogP contribution is -2.57. The van der Waals surface area contributed by atoms with Crippen LogP contribution in [0.3, 0.4) is 0 Å². The third-order valence-corrected chi connectivity index (χ3v) is 3.80. The number of carbonyl (C=O) groups is 6. The van der Waals surface area contributed by atoms with E-state index in [-0.39, 0.29) is 25.2 Å². The minimum atomic E-state index is -1.44. The van der Waals surface area contributed by atoms with Crippen LogP contribution in [-0.4, -0.2) is 70.5 Å². The van der Waals surface area contributed by atoms with Crippen molar-refractivity contribution >= 4 is 35.6 Å². The van der Waals surface area contributed by atoms with Crippen LogP contribution in [-0.2, 0) is 28.8 Å². The summed E-state index contributed by atoms with van der Waals surface area (Å²) in [6, 6.07) is -3.73. The Labute approximate surface area is 172 Å². The Morgan fingerprint density at radius 2 is 1.43 bits per heavy atom. The highest BCUT2D eigenvalue weighted by molar-refractivity contribution is 5.95. The van der Waals surface area contributed by atoms with Crippen LogP contribution in [0.4, 0.5) is 0 Å². The molecule has 0 bridgehead atoms. The van der Waals surface area contributed by atoms with Crippen molar-refractivity contribution in [2.75, 3.05) is 6.54 Å². The van der Waals surface area contributed by atoms with Crippen LogP contribution in [0.5, 0.6) is 0 Å². The molecule has 0 heterocycles. The zero-order chi connectivity index (χ0) is 23.4. The van der Waals surface area contributed by atoms with Crippen molar-refractivity contribution < 1.29 is 39.0 Å². The fraction of sp³-hybridized carbons (Fsp3) is 0.647. The number of carboxylic acids is 2. The highest BCUT2D eigenvalue weighted by Gasteiger charge is 2.29. The number of carboxylic acid groups (broad SMARTS) is 2. The standard InChI is InChI=1S/C17H29N5O8/c1-8(2)5-10(21-15(28)9(18)3-4-13(24)25)17(30)22-11(6-12(19)23)16(29)20-7-14(26)27/h8-11H,3-7,18H2,1-2H3,(H2,19,23)(H,20,29)(H,21,28)(H,22,30)(H,24,25)(H,26,27). The van der Waals surface area contributed by atoms with Gasteiger partial charge >= 0.3 is 11.9 Å². The highest BCUT2D eigenvalue weighted by atomic mass is 16.4. The number of carbonyl (C=O) groups excluding carboxylic acids is 4. The van der Waals surface area contributed by atoms with Crippen molar-refractivity contribution in [3.05, 3.63) is 0 Å². The van der Waals surface area contributed by atoms with E-state index in [0.29, 0.717) is 0 Å². The molecule has 3 unspecified atom stereocenters. The second-order valence-corrected chi connectivity index (χ2v) is 7.07. The van der Waals surface area contributed by atoms with Crippen molar-refractivity contribution in [1.29, 1.82) is 0 Å². The van der Waals surface area contributed by atoms with Crippen molar-refractivity contribution in [2.24, 2.45) is 17.4 Å². The number of aliphatic carboxylic acids is 2. The molecule has 0 aromatic rings. The summed E-state index contributed by atoms with van der Waals surface area (Å²) in [6.07, 6.45) is -0.903. The van der Waals surface area contributed by atoms with Gasteiger partial charge in [-0.05, 0) is 18.8 Å². The maximum atomic E-state index is 12.6. The van der Waals surface area contributed by atoms with E-state index < -0.39 is 66.7 Å². The Kier molecular flexibility index (Phi) is 11.7. The lowest BCUT2D eigenvalue weighted by atomic mass is 10.0. The molecular formula is C17H29N5O8. The van der Waals surface area contributed by atoms with E-state index in [4.69, 9.17) is 21.7 Å². The molecule has 0 saturated heterocycles. The largest absolute Gasteiger partial charge is 0.481 e. The lowest BCUT2D eigenvalue weighted by molar-refractivity contribution is -0.139. The van der Waals surface area contributed by atoms with Crippen molar-refractivity contribution in [3.8, 4) is 0 Å². The number of hydrogen-bond donors (Lipinski definition) is 7. The molecule has 13 heteroatoms. The third kappa shape index (κ3) is 11.6. The van der Waals surface area contributed by atoms with E-state index in [1.165, 1.54) is 0 Å². The van der Waals surface area contributed by atoms with Gasteiger partial charge in [0.1, 0.15) is 18.6 Å². The summed E-state index contributed by atoms with van der Waals surface area (Å²) in [5, 5.41) is 24.0. The molecule has 0 aliphatic rings. The molecule has 170 valence electrons. The Hall–Kier alpha value is -3.22. The molecule has 0 aliphatic heterocycles. The van der Waals surface area contributed by atoms with Crippen LogP contribution in [0.1, 0.15) is 39.5 Å². The van der Waals surface area contributed by atoms with Gasteiger partial charge in [-0.3, -0.25) is 28.8 Å². The summed E-state index contributed by atoms with van der Waals surface area (Å²) in [7, 11) is 0. The lowest BCUT2D eigenvalue weighted by Gasteiger charge is -2.24. The predicted octanol–water partition coefficient (Wildman–Crippen LogP) is -2.73. The monoisotopic (exact) mass is 431 g/mol. The van der Waals surface area contributed by atoms with E-state index in [1.54, 1.807) is 13.8 Å². The Morgan fingerprint density at radius 1 is 0.867 bits per heavy atom. The Balaban J connectivity index is 5.24. The molecule has 30 heavy (non-hydrogen) atoms. The second-order valence-electron chi connectivity index (χ2n) is 7.07. The van der Waals surface area contributed by atoms with E-state index in [9.17, 15) is 28.8 Å². The van der Waals surface area contributed by atoms with Gasteiger partial charge in [-0.1, -0.05) is 13.8 Å². The summed E-state index contributed by atoms with van der Waals surface area (Å²) in [6.45, 7) is 2.82. The van der Waals surface area contributed by atoms with Gasteiger partial charge in [0.05, 0.1) is 12.5 Å². The van der Waals surface area contributed by atoms with Gasteiger partial charge in [0.15, 0.2) is 0 Å². The summed E-state index contributed by atoms with van der Waals surface area (Å²) in [5.41, 5.74) is 10.7. The van der Waals surface area contributed by atoms with Crippen molar-refractivity contribution in [2.45, 2.75) is 57.7 Å². The highest BCUT2D eigenvalue weighted by Crippen LogP contribution is 2.07. The summed E-state index contributed by atoms with van der Waals surface area (Å²) in [4.78, 5) is 69.3. The van der Waals surface area contributed by atoms with Crippen LogP contribution >= 0.6 is 0 Å². The number of rotatable bonds is 14. The number of amides is 4. The molecule has 0 spiro atoms. The molecule has 0 rings (SSSR count). The molecule has 0 aromatic carbocycles. The fourth-order valence-corrected chi connectivity index (χ4v) is 2.36. The first-order valence-corrected chi connectivity index (χ1v) is 9.19. The molecule has 9 N–H and O–H groups in total. The van der Waals surface area contributed by atoms with Gasteiger partial charge in [0, 0.05) is 6.42 Å². The van der Waals surface area contributed by atoms with Crippen LogP contribution in [0, 0.1) is 5.92 Å². The number of nitrogens with two attached hydrogens (primary N) is 2. The van der Waals surface area contributed by atoms with Crippen LogP contribution in [0.2, 0.25) is 0 Å². The van der Waals surface area contributed by atoms with Gasteiger partial charge < -0.3 is 37.6 Å². The quantitative estimate of drug-likeness (QED) is 0.151. The molecule has 0 aliphatic carbocycles. The maximum Gasteiger partial charge on any atom is 0.322 e. The topological polar surface area (TPSA) is 231 Å². The molecule has 3 atom stereocenters.